The van der Waals surface area contributed by atoms with Gasteiger partial charge in [-0.15, -0.1) is 0 Å². The van der Waals surface area contributed by atoms with Crippen LogP contribution in [0, 0.1) is 0 Å². The van der Waals surface area contributed by atoms with Crippen molar-refractivity contribution in [2.24, 2.45) is 5.73 Å². The van der Waals surface area contributed by atoms with Gasteiger partial charge in [0.15, 0.2) is 0 Å². The second-order valence-corrected chi connectivity index (χ2v) is 4.95. The highest BCUT2D eigenvalue weighted by atomic mass is 16.4. The fourth-order valence-electron chi connectivity index (χ4n) is 1.94. The molecule has 0 aliphatic heterocycles. The molecule has 0 aromatic rings. The number of nitrogens with zero attached hydrogens (tertiary/aromatic N) is 1. The van der Waals surface area contributed by atoms with Gasteiger partial charge in [-0.25, -0.2) is 20.0 Å². The van der Waals surface area contributed by atoms with Gasteiger partial charge in [-0.1, -0.05) is 19.8 Å². The lowest BCUT2D eigenvalue weighted by Gasteiger charge is -2.29. The van der Waals surface area contributed by atoms with Crippen molar-refractivity contribution in [2.45, 2.75) is 57.5 Å². The zero-order valence-corrected chi connectivity index (χ0v) is 12.7. The average molecular weight is 319 g/mol. The van der Waals surface area contributed by atoms with Crippen LogP contribution < -0.4 is 11.2 Å². The number of amides is 1. The average Bonchev–Trinajstić information content (AvgIpc) is 2.44. The van der Waals surface area contributed by atoms with Gasteiger partial charge in [-0.05, 0) is 32.2 Å². The second kappa shape index (κ2) is 10.8. The minimum Gasteiger partial charge on any atom is -0.480 e. The van der Waals surface area contributed by atoms with Crippen LogP contribution in [-0.4, -0.2) is 57.0 Å². The lowest BCUT2D eigenvalue weighted by molar-refractivity contribution is -0.148. The van der Waals surface area contributed by atoms with Crippen molar-refractivity contribution in [3.63, 3.8) is 0 Å². The minimum absolute atomic E-state index is 0.0615. The molecule has 0 aromatic heterocycles. The van der Waals surface area contributed by atoms with E-state index in [1.807, 2.05) is 6.92 Å². The number of nitrogens with two attached hydrogens (primary N) is 1. The molecule has 0 heterocycles. The van der Waals surface area contributed by atoms with Crippen LogP contribution in [0.3, 0.4) is 0 Å². The van der Waals surface area contributed by atoms with Crippen molar-refractivity contribution in [1.82, 2.24) is 10.4 Å². The van der Waals surface area contributed by atoms with Crippen LogP contribution in [0.25, 0.3) is 0 Å². The quantitative estimate of drug-likeness (QED) is 0.260. The van der Waals surface area contributed by atoms with E-state index in [2.05, 4.69) is 5.43 Å². The summed E-state index contributed by atoms with van der Waals surface area (Å²) in [5.41, 5.74) is 7.65. The summed E-state index contributed by atoms with van der Waals surface area (Å²) < 4.78 is 0. The molecule has 0 unspecified atom stereocenters. The molecule has 22 heavy (non-hydrogen) atoms. The summed E-state index contributed by atoms with van der Waals surface area (Å²) in [6.45, 7) is 2.25. The molecular formula is C13H25N3O6. The summed E-state index contributed by atoms with van der Waals surface area (Å²) in [5.74, 6) is -2.54. The Labute approximate surface area is 129 Å². The van der Waals surface area contributed by atoms with Crippen LogP contribution in [0.2, 0.25) is 0 Å². The van der Waals surface area contributed by atoms with Crippen molar-refractivity contribution in [3.05, 3.63) is 0 Å². The molecule has 2 atom stereocenters. The number of hydrazine groups is 1. The maximum absolute atomic E-state index is 11.3. The fourth-order valence-corrected chi connectivity index (χ4v) is 1.94. The topological polar surface area (TPSA) is 153 Å². The van der Waals surface area contributed by atoms with E-state index < -0.39 is 30.1 Å². The van der Waals surface area contributed by atoms with Crippen molar-refractivity contribution in [2.75, 3.05) is 6.54 Å². The Balaban J connectivity index is 5.00. The molecule has 0 aliphatic carbocycles. The van der Waals surface area contributed by atoms with Crippen molar-refractivity contribution >= 4 is 18.0 Å². The summed E-state index contributed by atoms with van der Waals surface area (Å²) >= 11 is 0. The molecule has 128 valence electrons. The zero-order chi connectivity index (χ0) is 17.1. The van der Waals surface area contributed by atoms with Gasteiger partial charge in [0.2, 0.25) is 0 Å². The molecule has 0 saturated carbocycles. The van der Waals surface area contributed by atoms with Gasteiger partial charge in [0.1, 0.15) is 12.1 Å². The van der Waals surface area contributed by atoms with Gasteiger partial charge in [-0.3, -0.25) is 4.79 Å². The summed E-state index contributed by atoms with van der Waals surface area (Å²) in [7, 11) is 0. The van der Waals surface area contributed by atoms with Crippen LogP contribution in [0.1, 0.15) is 45.4 Å². The molecule has 6 N–H and O–H groups in total. The largest absolute Gasteiger partial charge is 0.480 e. The highest BCUT2D eigenvalue weighted by molar-refractivity contribution is 5.80. The normalized spacial score (nSPS) is 13.4. The number of hydrogen-bond acceptors (Lipinski definition) is 5. The number of carbonyl (C=O) groups is 3. The van der Waals surface area contributed by atoms with Crippen LogP contribution in [0.5, 0.6) is 0 Å². The number of nitrogens with one attached hydrogen (secondary N) is 1. The maximum Gasteiger partial charge on any atom is 0.422 e. The van der Waals surface area contributed by atoms with Gasteiger partial charge >= 0.3 is 18.0 Å². The van der Waals surface area contributed by atoms with E-state index in [0.717, 1.165) is 6.42 Å². The van der Waals surface area contributed by atoms with Crippen molar-refractivity contribution in [1.29, 1.82) is 0 Å². The molecule has 0 aliphatic rings. The molecule has 9 nitrogen and oxygen atoms in total. The maximum atomic E-state index is 11.3. The van der Waals surface area contributed by atoms with E-state index in [1.54, 1.807) is 0 Å². The SMILES string of the molecule is CCCC[C@H](NN(C(=O)O)[C@@H](CCCCN)C(=O)O)C(=O)O. The Morgan fingerprint density at radius 1 is 1.05 bits per heavy atom. The van der Waals surface area contributed by atoms with E-state index >= 15 is 0 Å². The molecule has 0 aromatic carbocycles. The third-order valence-corrected chi connectivity index (χ3v) is 3.17. The third kappa shape index (κ3) is 7.23. The highest BCUT2D eigenvalue weighted by Crippen LogP contribution is 2.10. The molecule has 0 saturated heterocycles. The Kier molecular flexibility index (Phi) is 9.88. The Hall–Kier alpha value is -1.87. The summed E-state index contributed by atoms with van der Waals surface area (Å²) in [5, 5.41) is 28.0. The van der Waals surface area contributed by atoms with E-state index in [-0.39, 0.29) is 12.8 Å². The lowest BCUT2D eigenvalue weighted by Crippen LogP contribution is -2.57. The minimum atomic E-state index is -1.53. The van der Waals surface area contributed by atoms with E-state index in [0.29, 0.717) is 30.8 Å². The molecule has 9 heteroatoms. The molecule has 1 amide bonds. The van der Waals surface area contributed by atoms with Crippen LogP contribution in [-0.2, 0) is 9.59 Å². The summed E-state index contributed by atoms with van der Waals surface area (Å²) in [6.07, 6.45) is 1.08. The standard InChI is InChI=1S/C13H25N3O6/c1-2-3-6-9(11(17)18)15-16(13(21)22)10(12(19)20)7-4-5-8-14/h9-10,15H,2-8,14H2,1H3,(H,17,18)(H,19,20)(H,21,22)/t9-,10-/m0/s1. The fraction of sp³-hybridized carbons (Fsp3) is 0.769. The number of carboxylic acid groups (broad SMARTS) is 3. The first kappa shape index (κ1) is 20.1. The van der Waals surface area contributed by atoms with Crippen LogP contribution in [0.4, 0.5) is 4.79 Å². The van der Waals surface area contributed by atoms with Crippen LogP contribution in [0.15, 0.2) is 0 Å². The first-order valence-corrected chi connectivity index (χ1v) is 7.29. The molecule has 0 spiro atoms. The zero-order valence-electron chi connectivity index (χ0n) is 12.7. The number of hydrogen-bond donors (Lipinski definition) is 5. The predicted octanol–water partition coefficient (Wildman–Crippen LogP) is 0.697. The summed E-state index contributed by atoms with van der Waals surface area (Å²) in [6, 6.07) is -2.50. The second-order valence-electron chi connectivity index (χ2n) is 4.95. The van der Waals surface area contributed by atoms with E-state index in [1.165, 1.54) is 0 Å². The molecule has 0 radical (unpaired) electrons. The first-order valence-electron chi connectivity index (χ1n) is 7.29. The Morgan fingerprint density at radius 3 is 2.09 bits per heavy atom. The summed E-state index contributed by atoms with van der Waals surface area (Å²) in [4.78, 5) is 33.7. The van der Waals surface area contributed by atoms with E-state index in [9.17, 15) is 24.6 Å². The number of rotatable bonds is 12. The van der Waals surface area contributed by atoms with Gasteiger partial charge in [0, 0.05) is 0 Å². The molecular weight excluding hydrogens is 294 g/mol. The lowest BCUT2D eigenvalue weighted by atomic mass is 10.1. The smallest absolute Gasteiger partial charge is 0.422 e. The number of aliphatic carboxylic acids is 2. The van der Waals surface area contributed by atoms with Gasteiger partial charge in [-0.2, -0.15) is 0 Å². The van der Waals surface area contributed by atoms with Gasteiger partial charge in [0.05, 0.1) is 0 Å². The highest BCUT2D eigenvalue weighted by Gasteiger charge is 2.32. The van der Waals surface area contributed by atoms with E-state index in [4.69, 9.17) is 10.8 Å². The monoisotopic (exact) mass is 319 g/mol. The molecule has 0 rings (SSSR count). The van der Waals surface area contributed by atoms with Crippen LogP contribution >= 0.6 is 0 Å². The van der Waals surface area contributed by atoms with Crippen molar-refractivity contribution in [3.8, 4) is 0 Å². The molecule has 0 fully saturated rings. The van der Waals surface area contributed by atoms with Crippen molar-refractivity contribution < 1.29 is 29.7 Å². The first-order chi connectivity index (χ1) is 10.3. The Morgan fingerprint density at radius 2 is 1.68 bits per heavy atom. The predicted molar refractivity (Wildman–Crippen MR) is 78.3 cm³/mol. The molecule has 0 bridgehead atoms. The number of carboxylic acids is 2. The Bertz CT molecular complexity index is 377. The third-order valence-electron chi connectivity index (χ3n) is 3.17. The van der Waals surface area contributed by atoms with Gasteiger partial charge < -0.3 is 21.1 Å². The number of unbranched alkanes of at least 4 members (excludes halogenated alkanes) is 2. The van der Waals surface area contributed by atoms with Gasteiger partial charge in [0.25, 0.3) is 0 Å².